The van der Waals surface area contributed by atoms with Gasteiger partial charge in [0.25, 0.3) is 5.91 Å². The highest BCUT2D eigenvalue weighted by Crippen LogP contribution is 2.52. The smallest absolute Gasteiger partial charge is 0.260 e. The Labute approximate surface area is 127 Å². The summed E-state index contributed by atoms with van der Waals surface area (Å²) in [5.41, 5.74) is 16.3. The van der Waals surface area contributed by atoms with Crippen LogP contribution in [-0.2, 0) is 11.8 Å². The van der Waals surface area contributed by atoms with Crippen LogP contribution in [0.4, 0.5) is 5.69 Å². The van der Waals surface area contributed by atoms with E-state index in [1.807, 2.05) is 0 Å². The molecule has 0 radical (unpaired) electrons. The molecule has 2 aromatic heterocycles. The van der Waals surface area contributed by atoms with E-state index in [2.05, 4.69) is 13.8 Å². The number of pyridine rings is 1. The van der Waals surface area contributed by atoms with Gasteiger partial charge in [-0.2, -0.15) is 0 Å². The zero-order valence-electron chi connectivity index (χ0n) is 12.3. The molecule has 0 unspecified atom stereocenters. The summed E-state index contributed by atoms with van der Waals surface area (Å²) in [5.74, 6) is 0.146. The van der Waals surface area contributed by atoms with Crippen LogP contribution in [0.5, 0.6) is 0 Å². The minimum Gasteiger partial charge on any atom is -0.397 e. The van der Waals surface area contributed by atoms with Gasteiger partial charge in [0.2, 0.25) is 0 Å². The van der Waals surface area contributed by atoms with Crippen molar-refractivity contribution in [2.24, 2.45) is 5.73 Å². The van der Waals surface area contributed by atoms with E-state index < -0.39 is 5.91 Å². The second kappa shape index (κ2) is 3.97. The number of nitrogens with two attached hydrogens (primary N) is 2. The molecule has 2 heterocycles. The summed E-state index contributed by atoms with van der Waals surface area (Å²) < 4.78 is 0. The summed E-state index contributed by atoms with van der Waals surface area (Å²) >= 11 is 1.35. The molecule has 2 aliphatic carbocycles. The standard InChI is InChI=1S/C16H19N3OS/c1-16(2)6-5-8-9(7-3-4-7)10-11(17)12(14(18)20)21-15(10)19-13(8)16/h7H,3-6,17H2,1-2H3,(H2,18,20). The fourth-order valence-corrected chi connectivity index (χ4v) is 4.56. The average molecular weight is 301 g/mol. The number of primary amides is 1. The number of thiophene rings is 1. The summed E-state index contributed by atoms with van der Waals surface area (Å²) in [6.07, 6.45) is 4.63. The highest BCUT2D eigenvalue weighted by molar-refractivity contribution is 7.21. The number of nitrogens with zero attached hydrogens (tertiary/aromatic N) is 1. The number of carbonyl (C=O) groups is 1. The third kappa shape index (κ3) is 1.73. The molecule has 0 atom stereocenters. The predicted octanol–water partition coefficient (Wildman–Crippen LogP) is 3.08. The first-order chi connectivity index (χ1) is 9.90. The molecule has 21 heavy (non-hydrogen) atoms. The average Bonchev–Trinajstić information content (AvgIpc) is 3.13. The summed E-state index contributed by atoms with van der Waals surface area (Å²) in [6, 6.07) is 0. The maximum atomic E-state index is 11.6. The Morgan fingerprint density at radius 3 is 2.71 bits per heavy atom. The van der Waals surface area contributed by atoms with E-state index in [1.54, 1.807) is 0 Å². The van der Waals surface area contributed by atoms with Crippen molar-refractivity contribution in [1.29, 1.82) is 0 Å². The SMILES string of the molecule is CC1(C)CCc2c1nc1sc(C(N)=O)c(N)c1c2C1CC1. The van der Waals surface area contributed by atoms with Gasteiger partial charge in [0, 0.05) is 10.8 Å². The van der Waals surface area contributed by atoms with Crippen LogP contribution in [0.15, 0.2) is 0 Å². The Kier molecular flexibility index (Phi) is 2.47. The molecule has 0 aromatic carbocycles. The maximum Gasteiger partial charge on any atom is 0.260 e. The maximum absolute atomic E-state index is 11.6. The predicted molar refractivity (Wildman–Crippen MR) is 85.9 cm³/mol. The Morgan fingerprint density at radius 1 is 1.38 bits per heavy atom. The Bertz CT molecular complexity index is 787. The van der Waals surface area contributed by atoms with E-state index in [0.717, 1.165) is 23.1 Å². The fourth-order valence-electron chi connectivity index (χ4n) is 3.59. The molecule has 5 heteroatoms. The van der Waals surface area contributed by atoms with E-state index in [1.165, 1.54) is 41.0 Å². The number of anilines is 1. The van der Waals surface area contributed by atoms with Crippen LogP contribution in [-0.4, -0.2) is 10.9 Å². The number of fused-ring (bicyclic) bond motifs is 2. The van der Waals surface area contributed by atoms with Crippen molar-refractivity contribution in [3.8, 4) is 0 Å². The molecule has 110 valence electrons. The van der Waals surface area contributed by atoms with Gasteiger partial charge in [-0.15, -0.1) is 11.3 Å². The van der Waals surface area contributed by atoms with Gasteiger partial charge in [-0.1, -0.05) is 13.8 Å². The number of amides is 1. The zero-order valence-corrected chi connectivity index (χ0v) is 13.1. The first-order valence-electron chi connectivity index (χ1n) is 7.45. The van der Waals surface area contributed by atoms with Crippen molar-refractivity contribution >= 4 is 33.1 Å². The van der Waals surface area contributed by atoms with Crippen LogP contribution in [0.3, 0.4) is 0 Å². The lowest BCUT2D eigenvalue weighted by Gasteiger charge is -2.18. The fraction of sp³-hybridized carbons (Fsp3) is 0.500. The molecule has 2 aliphatic rings. The van der Waals surface area contributed by atoms with Crippen molar-refractivity contribution in [3.63, 3.8) is 0 Å². The van der Waals surface area contributed by atoms with Crippen LogP contribution < -0.4 is 11.5 Å². The molecule has 1 saturated carbocycles. The summed E-state index contributed by atoms with van der Waals surface area (Å²) in [4.78, 5) is 17.8. The Hall–Kier alpha value is -1.62. The number of hydrogen-bond acceptors (Lipinski definition) is 4. The van der Waals surface area contributed by atoms with Crippen LogP contribution in [0.1, 0.15) is 65.5 Å². The molecular weight excluding hydrogens is 282 g/mol. The van der Waals surface area contributed by atoms with Crippen LogP contribution in [0.25, 0.3) is 10.2 Å². The first kappa shape index (κ1) is 13.1. The van der Waals surface area contributed by atoms with Crippen LogP contribution in [0, 0.1) is 0 Å². The second-order valence-corrected chi connectivity index (χ2v) is 7.90. The largest absolute Gasteiger partial charge is 0.397 e. The van der Waals surface area contributed by atoms with Crippen LogP contribution >= 0.6 is 11.3 Å². The molecule has 2 aromatic rings. The third-order valence-electron chi connectivity index (χ3n) is 4.87. The molecule has 0 aliphatic heterocycles. The molecular formula is C16H19N3OS. The van der Waals surface area contributed by atoms with Gasteiger partial charge in [-0.25, -0.2) is 4.98 Å². The first-order valence-corrected chi connectivity index (χ1v) is 8.27. The lowest BCUT2D eigenvalue weighted by atomic mass is 9.89. The quantitative estimate of drug-likeness (QED) is 0.894. The molecule has 0 saturated heterocycles. The number of rotatable bonds is 2. The molecule has 1 amide bonds. The summed E-state index contributed by atoms with van der Waals surface area (Å²) in [6.45, 7) is 4.50. The minimum absolute atomic E-state index is 0.110. The van der Waals surface area contributed by atoms with Gasteiger partial charge in [0.15, 0.2) is 0 Å². The lowest BCUT2D eigenvalue weighted by Crippen LogP contribution is -2.14. The van der Waals surface area contributed by atoms with Gasteiger partial charge in [0.05, 0.1) is 11.4 Å². The number of carbonyl (C=O) groups excluding carboxylic acids is 1. The molecule has 4 rings (SSSR count). The van der Waals surface area contributed by atoms with Crippen LogP contribution in [0.2, 0.25) is 0 Å². The van der Waals surface area contributed by atoms with Crippen molar-refractivity contribution < 1.29 is 4.79 Å². The minimum atomic E-state index is -0.448. The summed E-state index contributed by atoms with van der Waals surface area (Å²) in [5, 5.41) is 1.01. The topological polar surface area (TPSA) is 82.0 Å². The molecule has 0 spiro atoms. The molecule has 0 bridgehead atoms. The highest BCUT2D eigenvalue weighted by atomic mass is 32.1. The normalized spacial score (nSPS) is 19.9. The zero-order chi connectivity index (χ0) is 14.9. The van der Waals surface area contributed by atoms with E-state index >= 15 is 0 Å². The third-order valence-corrected chi connectivity index (χ3v) is 5.98. The van der Waals surface area contributed by atoms with Gasteiger partial charge in [-0.05, 0) is 42.7 Å². The van der Waals surface area contributed by atoms with Gasteiger partial charge in [-0.3, -0.25) is 4.79 Å². The Balaban J connectivity index is 2.11. The van der Waals surface area contributed by atoms with Gasteiger partial charge < -0.3 is 11.5 Å². The number of nitrogen functional groups attached to an aromatic ring is 1. The van der Waals surface area contributed by atoms with Gasteiger partial charge >= 0.3 is 0 Å². The number of aromatic nitrogens is 1. The van der Waals surface area contributed by atoms with E-state index in [9.17, 15) is 4.79 Å². The lowest BCUT2D eigenvalue weighted by molar-refractivity contribution is 0.100. The summed E-state index contributed by atoms with van der Waals surface area (Å²) in [7, 11) is 0. The van der Waals surface area contributed by atoms with E-state index in [-0.39, 0.29) is 5.41 Å². The monoisotopic (exact) mass is 301 g/mol. The van der Waals surface area contributed by atoms with E-state index in [4.69, 9.17) is 16.5 Å². The van der Waals surface area contributed by atoms with Crippen molar-refractivity contribution in [1.82, 2.24) is 4.98 Å². The molecule has 1 fully saturated rings. The number of hydrogen-bond donors (Lipinski definition) is 2. The Morgan fingerprint density at radius 2 is 2.10 bits per heavy atom. The molecule has 4 N–H and O–H groups in total. The van der Waals surface area contributed by atoms with Gasteiger partial charge in [0.1, 0.15) is 9.71 Å². The van der Waals surface area contributed by atoms with E-state index in [0.29, 0.717) is 16.5 Å². The second-order valence-electron chi connectivity index (χ2n) is 6.90. The molecule has 4 nitrogen and oxygen atoms in total. The highest BCUT2D eigenvalue weighted by Gasteiger charge is 2.39. The van der Waals surface area contributed by atoms with Crippen molar-refractivity contribution in [2.45, 2.75) is 50.9 Å². The van der Waals surface area contributed by atoms with Crippen molar-refractivity contribution in [3.05, 3.63) is 21.7 Å². The van der Waals surface area contributed by atoms with Crippen molar-refractivity contribution in [2.75, 3.05) is 5.73 Å².